The molecule has 0 radical (unpaired) electrons. The first-order chi connectivity index (χ1) is 9.34. The van der Waals surface area contributed by atoms with Crippen molar-refractivity contribution in [1.82, 2.24) is 4.31 Å². The lowest BCUT2D eigenvalue weighted by Gasteiger charge is -2.21. The number of carboxylic acids is 1. The van der Waals surface area contributed by atoms with Crippen LogP contribution < -0.4 is 0 Å². The van der Waals surface area contributed by atoms with E-state index >= 15 is 0 Å². The van der Waals surface area contributed by atoms with Crippen molar-refractivity contribution in [3.8, 4) is 0 Å². The van der Waals surface area contributed by atoms with Gasteiger partial charge in [0, 0.05) is 7.05 Å². The normalized spacial score (nSPS) is 13.6. The van der Waals surface area contributed by atoms with Crippen LogP contribution in [0.4, 0.5) is 0 Å². The summed E-state index contributed by atoms with van der Waals surface area (Å²) in [5.74, 6) is -1.18. The topological polar surface area (TPSA) is 74.7 Å². The molecular formula is C14H15NO4S. The average molecular weight is 293 g/mol. The minimum absolute atomic E-state index is 0.0896. The second kappa shape index (κ2) is 5.22. The number of sulfonamides is 1. The van der Waals surface area contributed by atoms with Crippen LogP contribution in [-0.4, -0.2) is 36.9 Å². The molecule has 0 heterocycles. The Morgan fingerprint density at radius 3 is 2.35 bits per heavy atom. The maximum Gasteiger partial charge on any atom is 0.321 e. The first-order valence-electron chi connectivity index (χ1n) is 6.03. The lowest BCUT2D eigenvalue weighted by Crippen LogP contribution is -2.40. The lowest BCUT2D eigenvalue weighted by molar-refractivity contribution is -0.140. The van der Waals surface area contributed by atoms with Crippen LogP contribution in [0.25, 0.3) is 10.8 Å². The zero-order chi connectivity index (χ0) is 14.9. The van der Waals surface area contributed by atoms with E-state index in [0.717, 1.165) is 15.1 Å². The Morgan fingerprint density at radius 1 is 1.15 bits per heavy atom. The largest absolute Gasteiger partial charge is 0.480 e. The van der Waals surface area contributed by atoms with Gasteiger partial charge in [-0.2, -0.15) is 4.31 Å². The third kappa shape index (κ3) is 2.52. The molecule has 2 aromatic rings. The van der Waals surface area contributed by atoms with Gasteiger partial charge >= 0.3 is 5.97 Å². The van der Waals surface area contributed by atoms with Gasteiger partial charge in [0.2, 0.25) is 10.0 Å². The molecule has 0 bridgehead atoms. The number of carbonyl (C=O) groups is 1. The summed E-state index contributed by atoms with van der Waals surface area (Å²) in [6.07, 6.45) is 0. The first-order valence-corrected chi connectivity index (χ1v) is 7.47. The summed E-state index contributed by atoms with van der Waals surface area (Å²) in [5, 5.41) is 10.7. The number of likely N-dealkylation sites (N-methyl/N-ethyl adjacent to an activating group) is 1. The molecule has 5 nitrogen and oxygen atoms in total. The number of nitrogens with zero attached hydrogens (tertiary/aromatic N) is 1. The summed E-state index contributed by atoms with van der Waals surface area (Å²) >= 11 is 0. The van der Waals surface area contributed by atoms with E-state index in [1.54, 1.807) is 12.1 Å². The van der Waals surface area contributed by atoms with Gasteiger partial charge in [0.15, 0.2) is 0 Å². The van der Waals surface area contributed by atoms with E-state index < -0.39 is 22.0 Å². The number of fused-ring (bicyclic) bond motifs is 1. The van der Waals surface area contributed by atoms with Crippen molar-refractivity contribution >= 4 is 26.8 Å². The molecule has 0 fully saturated rings. The summed E-state index contributed by atoms with van der Waals surface area (Å²) in [6.45, 7) is 1.33. The van der Waals surface area contributed by atoms with Gasteiger partial charge < -0.3 is 5.11 Å². The van der Waals surface area contributed by atoms with Crippen LogP contribution in [0.1, 0.15) is 6.92 Å². The third-order valence-electron chi connectivity index (χ3n) is 3.30. The second-order valence-corrected chi connectivity index (χ2v) is 6.54. The molecule has 0 aromatic heterocycles. The van der Waals surface area contributed by atoms with Crippen LogP contribution in [0.3, 0.4) is 0 Å². The molecule has 20 heavy (non-hydrogen) atoms. The molecule has 0 saturated carbocycles. The molecule has 2 rings (SSSR count). The summed E-state index contributed by atoms with van der Waals surface area (Å²) in [4.78, 5) is 11.0. The highest BCUT2D eigenvalue weighted by Crippen LogP contribution is 2.22. The Hall–Kier alpha value is -1.92. The van der Waals surface area contributed by atoms with Gasteiger partial charge in [-0.3, -0.25) is 4.79 Å². The summed E-state index contributed by atoms with van der Waals surface area (Å²) < 4.78 is 25.6. The van der Waals surface area contributed by atoms with Crippen LogP contribution >= 0.6 is 0 Å². The Balaban J connectivity index is 2.49. The first kappa shape index (κ1) is 14.5. The zero-order valence-electron chi connectivity index (χ0n) is 11.1. The smallest absolute Gasteiger partial charge is 0.321 e. The van der Waals surface area contributed by atoms with Gasteiger partial charge in [0.1, 0.15) is 6.04 Å². The number of aliphatic carboxylic acids is 1. The van der Waals surface area contributed by atoms with E-state index in [2.05, 4.69) is 0 Å². The zero-order valence-corrected chi connectivity index (χ0v) is 12.0. The minimum Gasteiger partial charge on any atom is -0.480 e. The monoisotopic (exact) mass is 293 g/mol. The fraction of sp³-hybridized carbons (Fsp3) is 0.214. The van der Waals surface area contributed by atoms with Crippen molar-refractivity contribution in [2.24, 2.45) is 0 Å². The molecule has 1 unspecified atom stereocenters. The minimum atomic E-state index is -3.82. The predicted octanol–water partition coefficient (Wildman–Crippen LogP) is 1.93. The summed E-state index contributed by atoms with van der Waals surface area (Å²) in [7, 11) is -2.56. The van der Waals surface area contributed by atoms with E-state index in [9.17, 15) is 13.2 Å². The standard InChI is InChI=1S/C14H15NO4S/c1-10(14(16)17)15(2)20(18,19)13-8-7-11-5-3-4-6-12(11)9-13/h3-10H,1-2H3,(H,16,17). The van der Waals surface area contributed by atoms with Crippen molar-refractivity contribution in [2.75, 3.05) is 7.05 Å². The van der Waals surface area contributed by atoms with Gasteiger partial charge in [-0.25, -0.2) is 8.42 Å². The fourth-order valence-electron chi connectivity index (χ4n) is 1.86. The fourth-order valence-corrected chi connectivity index (χ4v) is 3.21. The number of rotatable bonds is 4. The summed E-state index contributed by atoms with van der Waals surface area (Å²) in [5.41, 5.74) is 0. The lowest BCUT2D eigenvalue weighted by atomic mass is 10.1. The van der Waals surface area contributed by atoms with Crippen LogP contribution in [0, 0.1) is 0 Å². The Morgan fingerprint density at radius 2 is 1.75 bits per heavy atom. The number of hydrogen-bond donors (Lipinski definition) is 1. The molecule has 0 amide bonds. The second-order valence-electron chi connectivity index (χ2n) is 4.54. The molecule has 106 valence electrons. The molecule has 1 N–H and O–H groups in total. The molecular weight excluding hydrogens is 278 g/mol. The Labute approximate surface area is 117 Å². The van der Waals surface area contributed by atoms with E-state index in [1.165, 1.54) is 20.0 Å². The van der Waals surface area contributed by atoms with Gasteiger partial charge in [0.25, 0.3) is 0 Å². The van der Waals surface area contributed by atoms with E-state index in [-0.39, 0.29) is 4.90 Å². The highest BCUT2D eigenvalue weighted by atomic mass is 32.2. The molecule has 0 spiro atoms. The molecule has 2 aromatic carbocycles. The van der Waals surface area contributed by atoms with E-state index in [1.807, 2.05) is 24.3 Å². The quantitative estimate of drug-likeness (QED) is 0.934. The maximum atomic E-state index is 12.4. The van der Waals surface area contributed by atoms with Crippen molar-refractivity contribution in [2.45, 2.75) is 17.9 Å². The van der Waals surface area contributed by atoms with Crippen molar-refractivity contribution in [3.05, 3.63) is 42.5 Å². The summed E-state index contributed by atoms with van der Waals surface area (Å²) in [6, 6.07) is 11.0. The van der Waals surface area contributed by atoms with Gasteiger partial charge in [-0.05, 0) is 29.8 Å². The molecule has 0 aliphatic heterocycles. The number of carboxylic acid groups (broad SMARTS) is 1. The highest BCUT2D eigenvalue weighted by Gasteiger charge is 2.29. The highest BCUT2D eigenvalue weighted by molar-refractivity contribution is 7.89. The van der Waals surface area contributed by atoms with Gasteiger partial charge in [0.05, 0.1) is 4.90 Å². The Kier molecular flexibility index (Phi) is 3.78. The molecule has 0 aliphatic carbocycles. The van der Waals surface area contributed by atoms with Crippen LogP contribution in [0.15, 0.2) is 47.4 Å². The SMILES string of the molecule is CC(C(=O)O)N(C)S(=O)(=O)c1ccc2ccccc2c1. The molecule has 6 heteroatoms. The Bertz CT molecular complexity index is 755. The van der Waals surface area contributed by atoms with Crippen molar-refractivity contribution < 1.29 is 18.3 Å². The average Bonchev–Trinajstić information content (AvgIpc) is 2.44. The number of hydrogen-bond acceptors (Lipinski definition) is 3. The molecule has 0 saturated heterocycles. The predicted molar refractivity (Wildman–Crippen MR) is 76.0 cm³/mol. The van der Waals surface area contributed by atoms with Crippen molar-refractivity contribution in [3.63, 3.8) is 0 Å². The maximum absolute atomic E-state index is 12.4. The van der Waals surface area contributed by atoms with Crippen LogP contribution in [0.2, 0.25) is 0 Å². The molecule has 1 atom stereocenters. The van der Waals surface area contributed by atoms with Crippen molar-refractivity contribution in [1.29, 1.82) is 0 Å². The van der Waals surface area contributed by atoms with E-state index in [4.69, 9.17) is 5.11 Å². The van der Waals surface area contributed by atoms with Gasteiger partial charge in [-0.1, -0.05) is 30.3 Å². The van der Waals surface area contributed by atoms with E-state index in [0.29, 0.717) is 0 Å². The van der Waals surface area contributed by atoms with Crippen LogP contribution in [0.5, 0.6) is 0 Å². The number of benzene rings is 2. The van der Waals surface area contributed by atoms with Crippen LogP contribution in [-0.2, 0) is 14.8 Å². The third-order valence-corrected chi connectivity index (χ3v) is 5.22. The van der Waals surface area contributed by atoms with Gasteiger partial charge in [-0.15, -0.1) is 0 Å². The molecule has 0 aliphatic rings.